The van der Waals surface area contributed by atoms with Crippen LogP contribution in [-0.4, -0.2) is 30.0 Å². The molecule has 2 N–H and O–H groups in total. The molecule has 0 amide bonds. The molecule has 0 fully saturated rings. The highest BCUT2D eigenvalue weighted by Gasteiger charge is 2.14. The molecule has 122 valence electrons. The standard InChI is InChI=1S/C17H21N3O3/c1-23-17-8-7-16(20(21)22)11-15(17)13-19(10-9-18)12-14-5-3-2-4-6-14/h2-8,11H,9-10,12-13,18H2,1H3. The quantitative estimate of drug-likeness (QED) is 0.598. The molecule has 6 nitrogen and oxygen atoms in total. The summed E-state index contributed by atoms with van der Waals surface area (Å²) in [5, 5.41) is 11.0. The fraction of sp³-hybridized carbons (Fsp3) is 0.294. The zero-order chi connectivity index (χ0) is 16.7. The van der Waals surface area contributed by atoms with E-state index in [4.69, 9.17) is 10.5 Å². The van der Waals surface area contributed by atoms with Gasteiger partial charge in [-0.15, -0.1) is 0 Å². The van der Waals surface area contributed by atoms with Crippen molar-refractivity contribution in [1.82, 2.24) is 4.90 Å². The summed E-state index contributed by atoms with van der Waals surface area (Å²) in [7, 11) is 1.56. The molecule has 2 rings (SSSR count). The van der Waals surface area contributed by atoms with Gasteiger partial charge in [-0.3, -0.25) is 15.0 Å². The summed E-state index contributed by atoms with van der Waals surface area (Å²) in [4.78, 5) is 12.7. The van der Waals surface area contributed by atoms with Crippen molar-refractivity contribution in [2.24, 2.45) is 5.73 Å². The first kappa shape index (κ1) is 16.9. The maximum Gasteiger partial charge on any atom is 0.270 e. The molecule has 0 aliphatic rings. The van der Waals surface area contributed by atoms with Crippen molar-refractivity contribution in [2.45, 2.75) is 13.1 Å². The Kier molecular flexibility index (Phi) is 6.08. The summed E-state index contributed by atoms with van der Waals surface area (Å²) >= 11 is 0. The second-order valence-corrected chi connectivity index (χ2v) is 5.24. The van der Waals surface area contributed by atoms with E-state index in [9.17, 15) is 10.1 Å². The normalized spacial score (nSPS) is 10.7. The average Bonchev–Trinajstić information content (AvgIpc) is 2.56. The maximum atomic E-state index is 11.0. The number of non-ortho nitro benzene ring substituents is 1. The van der Waals surface area contributed by atoms with E-state index in [0.717, 1.165) is 12.1 Å². The van der Waals surface area contributed by atoms with Crippen LogP contribution in [-0.2, 0) is 13.1 Å². The van der Waals surface area contributed by atoms with E-state index in [1.54, 1.807) is 19.2 Å². The Morgan fingerprint density at radius 2 is 1.91 bits per heavy atom. The molecule has 0 saturated carbocycles. The Hall–Kier alpha value is -2.44. The fourth-order valence-corrected chi connectivity index (χ4v) is 2.48. The number of hydrogen-bond acceptors (Lipinski definition) is 5. The highest BCUT2D eigenvalue weighted by molar-refractivity contribution is 5.43. The highest BCUT2D eigenvalue weighted by Crippen LogP contribution is 2.25. The van der Waals surface area contributed by atoms with Crippen molar-refractivity contribution >= 4 is 5.69 Å². The summed E-state index contributed by atoms with van der Waals surface area (Å²) in [6.07, 6.45) is 0. The van der Waals surface area contributed by atoms with Crippen LogP contribution in [0.5, 0.6) is 5.75 Å². The van der Waals surface area contributed by atoms with E-state index in [2.05, 4.69) is 4.90 Å². The number of ether oxygens (including phenoxy) is 1. The molecule has 0 unspecified atom stereocenters. The maximum absolute atomic E-state index is 11.0. The van der Waals surface area contributed by atoms with E-state index < -0.39 is 4.92 Å². The van der Waals surface area contributed by atoms with Gasteiger partial charge in [0.15, 0.2) is 0 Å². The molecule has 0 bridgehead atoms. The lowest BCUT2D eigenvalue weighted by Gasteiger charge is -2.22. The van der Waals surface area contributed by atoms with E-state index >= 15 is 0 Å². The summed E-state index contributed by atoms with van der Waals surface area (Å²) in [5.74, 6) is 0.644. The van der Waals surface area contributed by atoms with E-state index in [-0.39, 0.29) is 5.69 Å². The molecule has 23 heavy (non-hydrogen) atoms. The van der Waals surface area contributed by atoms with Crippen LogP contribution in [0.3, 0.4) is 0 Å². The molecule has 6 heteroatoms. The van der Waals surface area contributed by atoms with Crippen LogP contribution in [0.2, 0.25) is 0 Å². The first-order valence-electron chi connectivity index (χ1n) is 7.41. The molecule has 0 aliphatic heterocycles. The molecule has 0 atom stereocenters. The molecular formula is C17H21N3O3. The number of rotatable bonds is 8. The van der Waals surface area contributed by atoms with E-state index in [1.807, 2.05) is 30.3 Å². The molecule has 0 heterocycles. The summed E-state index contributed by atoms with van der Waals surface area (Å²) in [5.41, 5.74) is 7.72. The van der Waals surface area contributed by atoms with Gasteiger partial charge in [0, 0.05) is 43.9 Å². The minimum absolute atomic E-state index is 0.0632. The van der Waals surface area contributed by atoms with Gasteiger partial charge >= 0.3 is 0 Å². The van der Waals surface area contributed by atoms with Crippen molar-refractivity contribution in [2.75, 3.05) is 20.2 Å². The summed E-state index contributed by atoms with van der Waals surface area (Å²) in [6.45, 7) is 2.48. The van der Waals surface area contributed by atoms with Gasteiger partial charge < -0.3 is 10.5 Å². The molecule has 0 aliphatic carbocycles. The zero-order valence-electron chi connectivity index (χ0n) is 13.1. The first-order chi connectivity index (χ1) is 11.1. The predicted octanol–water partition coefficient (Wildman–Crippen LogP) is 2.56. The lowest BCUT2D eigenvalue weighted by Crippen LogP contribution is -2.28. The minimum Gasteiger partial charge on any atom is -0.496 e. The molecule has 2 aromatic rings. The number of benzene rings is 2. The number of nitro groups is 1. The van der Waals surface area contributed by atoms with Gasteiger partial charge in [-0.2, -0.15) is 0 Å². The SMILES string of the molecule is COc1ccc([N+](=O)[O-])cc1CN(CCN)Cc1ccccc1. The third kappa shape index (κ3) is 4.77. The van der Waals surface area contributed by atoms with Gasteiger partial charge in [0.05, 0.1) is 12.0 Å². The number of nitrogens with two attached hydrogens (primary N) is 1. The average molecular weight is 315 g/mol. The topological polar surface area (TPSA) is 81.6 Å². The number of nitrogens with zero attached hydrogens (tertiary/aromatic N) is 2. The van der Waals surface area contributed by atoms with Gasteiger partial charge in [0.1, 0.15) is 5.75 Å². The smallest absolute Gasteiger partial charge is 0.270 e. The predicted molar refractivity (Wildman–Crippen MR) is 89.3 cm³/mol. The van der Waals surface area contributed by atoms with Crippen LogP contribution in [0.4, 0.5) is 5.69 Å². The second-order valence-electron chi connectivity index (χ2n) is 5.24. The van der Waals surface area contributed by atoms with E-state index in [1.165, 1.54) is 11.6 Å². The Morgan fingerprint density at radius 3 is 2.52 bits per heavy atom. The van der Waals surface area contributed by atoms with Crippen LogP contribution >= 0.6 is 0 Å². The summed E-state index contributed by atoms with van der Waals surface area (Å²) in [6, 6.07) is 14.7. The highest BCUT2D eigenvalue weighted by atomic mass is 16.6. The number of hydrogen-bond donors (Lipinski definition) is 1. The Labute approximate surface area is 135 Å². The number of nitro benzene ring substituents is 1. The third-order valence-corrected chi connectivity index (χ3v) is 3.56. The van der Waals surface area contributed by atoms with Crippen molar-refractivity contribution in [3.8, 4) is 5.75 Å². The van der Waals surface area contributed by atoms with Crippen LogP contribution < -0.4 is 10.5 Å². The van der Waals surface area contributed by atoms with Gasteiger partial charge in [-0.1, -0.05) is 30.3 Å². The lowest BCUT2D eigenvalue weighted by atomic mass is 10.1. The first-order valence-corrected chi connectivity index (χ1v) is 7.41. The minimum atomic E-state index is -0.395. The Balaban J connectivity index is 2.21. The van der Waals surface area contributed by atoms with Crippen molar-refractivity contribution in [3.05, 3.63) is 69.8 Å². The molecule has 0 radical (unpaired) electrons. The van der Waals surface area contributed by atoms with Gasteiger partial charge in [-0.05, 0) is 11.6 Å². The zero-order valence-corrected chi connectivity index (χ0v) is 13.1. The summed E-state index contributed by atoms with van der Waals surface area (Å²) < 4.78 is 5.33. The van der Waals surface area contributed by atoms with Crippen LogP contribution in [0.1, 0.15) is 11.1 Å². The number of methoxy groups -OCH3 is 1. The van der Waals surface area contributed by atoms with Crippen molar-refractivity contribution in [1.29, 1.82) is 0 Å². The Morgan fingerprint density at radius 1 is 1.17 bits per heavy atom. The van der Waals surface area contributed by atoms with Crippen molar-refractivity contribution in [3.63, 3.8) is 0 Å². The fourth-order valence-electron chi connectivity index (χ4n) is 2.48. The van der Waals surface area contributed by atoms with Crippen LogP contribution in [0, 0.1) is 10.1 Å². The molecule has 2 aromatic carbocycles. The molecule has 0 saturated heterocycles. The Bertz CT molecular complexity index is 647. The van der Waals surface area contributed by atoms with E-state index in [0.29, 0.717) is 25.4 Å². The molecular weight excluding hydrogens is 294 g/mol. The molecule has 0 spiro atoms. The van der Waals surface area contributed by atoms with Gasteiger partial charge in [0.25, 0.3) is 5.69 Å². The van der Waals surface area contributed by atoms with Gasteiger partial charge in [0.2, 0.25) is 0 Å². The third-order valence-electron chi connectivity index (χ3n) is 3.56. The monoisotopic (exact) mass is 315 g/mol. The largest absolute Gasteiger partial charge is 0.496 e. The van der Waals surface area contributed by atoms with Crippen molar-refractivity contribution < 1.29 is 9.66 Å². The molecule has 0 aromatic heterocycles. The lowest BCUT2D eigenvalue weighted by molar-refractivity contribution is -0.385. The van der Waals surface area contributed by atoms with Crippen LogP contribution in [0.25, 0.3) is 0 Å². The van der Waals surface area contributed by atoms with Crippen LogP contribution in [0.15, 0.2) is 48.5 Å². The second kappa shape index (κ2) is 8.26. The van der Waals surface area contributed by atoms with Gasteiger partial charge in [-0.25, -0.2) is 0 Å².